The van der Waals surface area contributed by atoms with Crippen molar-refractivity contribution in [1.82, 2.24) is 9.78 Å². The lowest BCUT2D eigenvalue weighted by Gasteiger charge is -2.15. The molecule has 0 bridgehead atoms. The minimum Gasteiger partial charge on any atom is -0.469 e. The molecule has 0 saturated carbocycles. The quantitative estimate of drug-likeness (QED) is 0.431. The molecule has 0 saturated heterocycles. The molecule has 0 fully saturated rings. The molecule has 2 aromatic carbocycles. The number of aromatic nitrogens is 2. The topological polar surface area (TPSA) is 62.6 Å². The first-order valence-corrected chi connectivity index (χ1v) is 8.58. The van der Waals surface area contributed by atoms with Crippen LogP contribution in [0.1, 0.15) is 5.56 Å². The first-order valence-electron chi connectivity index (χ1n) is 7.78. The smallest absolute Gasteiger partial charge is 0.310 e. The Hall–Kier alpha value is -2.52. The van der Waals surface area contributed by atoms with Crippen LogP contribution in [0.25, 0.3) is 16.6 Å². The molecular formula is C18H15BrF2N2O4. The van der Waals surface area contributed by atoms with Crippen molar-refractivity contribution in [2.45, 2.75) is 6.42 Å². The maximum Gasteiger partial charge on any atom is 0.310 e. The summed E-state index contributed by atoms with van der Waals surface area (Å²) >= 11 is 3.11. The Kier molecular flexibility index (Phi) is 5.71. The van der Waals surface area contributed by atoms with Crippen molar-refractivity contribution in [3.8, 4) is 11.4 Å². The Bertz CT molecular complexity index is 968. The number of benzene rings is 2. The van der Waals surface area contributed by atoms with Crippen molar-refractivity contribution >= 4 is 32.8 Å². The van der Waals surface area contributed by atoms with Crippen molar-refractivity contribution in [3.05, 3.63) is 52.1 Å². The van der Waals surface area contributed by atoms with Crippen LogP contribution in [0.3, 0.4) is 0 Å². The number of ether oxygens (including phenoxy) is 3. The van der Waals surface area contributed by atoms with Gasteiger partial charge in [-0.15, -0.1) is 0 Å². The Morgan fingerprint density at radius 3 is 2.70 bits per heavy atom. The van der Waals surface area contributed by atoms with Crippen molar-refractivity contribution in [2.75, 3.05) is 21.0 Å². The number of halogens is 3. The molecule has 0 unspecified atom stereocenters. The number of carbonyl (C=O) groups excluding carboxylic acids is 1. The van der Waals surface area contributed by atoms with E-state index in [1.54, 1.807) is 6.20 Å². The number of nitrogens with zero attached hydrogens (tertiary/aromatic N) is 2. The fourth-order valence-electron chi connectivity index (χ4n) is 2.59. The first-order chi connectivity index (χ1) is 12.9. The van der Waals surface area contributed by atoms with Gasteiger partial charge in [0, 0.05) is 30.3 Å². The van der Waals surface area contributed by atoms with Gasteiger partial charge in [-0.2, -0.15) is 5.10 Å². The summed E-state index contributed by atoms with van der Waals surface area (Å²) in [5.41, 5.74) is 1.03. The van der Waals surface area contributed by atoms with E-state index in [2.05, 4.69) is 25.8 Å². The highest BCUT2D eigenvalue weighted by atomic mass is 79.9. The number of hydrogen-bond donors (Lipinski definition) is 0. The van der Waals surface area contributed by atoms with Crippen LogP contribution in [0.5, 0.6) is 5.75 Å². The number of carbonyl (C=O) groups is 1. The van der Waals surface area contributed by atoms with Crippen molar-refractivity contribution in [3.63, 3.8) is 0 Å². The summed E-state index contributed by atoms with van der Waals surface area (Å²) in [6.45, 7) is -0.117. The van der Waals surface area contributed by atoms with Crippen molar-refractivity contribution < 1.29 is 27.8 Å². The second-order valence-corrected chi connectivity index (χ2v) is 6.47. The lowest BCUT2D eigenvalue weighted by molar-refractivity contribution is -0.139. The molecule has 1 heterocycles. The molecule has 0 aliphatic rings. The average molecular weight is 441 g/mol. The molecule has 1 aromatic heterocycles. The molecule has 0 spiro atoms. The summed E-state index contributed by atoms with van der Waals surface area (Å²) < 4.78 is 44.8. The van der Waals surface area contributed by atoms with Crippen LogP contribution in [0.15, 0.2) is 34.9 Å². The zero-order chi connectivity index (χ0) is 19.6. The minimum atomic E-state index is -0.583. The molecule has 6 nitrogen and oxygen atoms in total. The third-order valence-electron chi connectivity index (χ3n) is 3.79. The molecular weight excluding hydrogens is 426 g/mol. The second-order valence-electron chi connectivity index (χ2n) is 5.62. The normalized spacial score (nSPS) is 11.0. The molecule has 9 heteroatoms. The molecule has 0 aliphatic carbocycles. The van der Waals surface area contributed by atoms with Crippen LogP contribution in [0.2, 0.25) is 0 Å². The average Bonchev–Trinajstić information content (AvgIpc) is 3.03. The van der Waals surface area contributed by atoms with Crippen molar-refractivity contribution in [2.24, 2.45) is 0 Å². The fraction of sp³-hybridized carbons (Fsp3) is 0.222. The summed E-state index contributed by atoms with van der Waals surface area (Å²) in [7, 11) is 2.68. The highest BCUT2D eigenvalue weighted by molar-refractivity contribution is 9.10. The SMILES string of the molecule is COCOc1c(CC(=O)OC)cc(F)cc1-n1cc2cc(F)c(Br)cc2n1. The van der Waals surface area contributed by atoms with Gasteiger partial charge in [-0.05, 0) is 34.1 Å². The molecule has 3 rings (SSSR count). The van der Waals surface area contributed by atoms with E-state index in [0.29, 0.717) is 10.9 Å². The molecule has 27 heavy (non-hydrogen) atoms. The van der Waals surface area contributed by atoms with Crippen LogP contribution in [-0.2, 0) is 20.7 Å². The van der Waals surface area contributed by atoms with Crippen LogP contribution in [-0.4, -0.2) is 36.8 Å². The third kappa shape index (κ3) is 4.09. The van der Waals surface area contributed by atoms with Gasteiger partial charge in [-0.3, -0.25) is 4.79 Å². The van der Waals surface area contributed by atoms with E-state index in [0.717, 1.165) is 0 Å². The zero-order valence-corrected chi connectivity index (χ0v) is 16.0. The lowest BCUT2D eigenvalue weighted by atomic mass is 10.1. The number of methoxy groups -OCH3 is 2. The predicted octanol–water partition coefficient (Wildman–Crippen LogP) is 3.76. The van der Waals surface area contributed by atoms with Crippen LogP contribution < -0.4 is 4.74 Å². The van der Waals surface area contributed by atoms with E-state index in [9.17, 15) is 13.6 Å². The first kappa shape index (κ1) is 19.2. The number of esters is 1. The molecule has 0 amide bonds. The fourth-order valence-corrected chi connectivity index (χ4v) is 2.92. The summed E-state index contributed by atoms with van der Waals surface area (Å²) in [6, 6.07) is 5.23. The van der Waals surface area contributed by atoms with Gasteiger partial charge in [-0.1, -0.05) is 0 Å². The van der Waals surface area contributed by atoms with Gasteiger partial charge in [0.15, 0.2) is 12.5 Å². The molecule has 3 aromatic rings. The molecule has 0 aliphatic heterocycles. The maximum absolute atomic E-state index is 14.2. The van der Waals surface area contributed by atoms with Gasteiger partial charge in [0.2, 0.25) is 0 Å². The molecule has 0 atom stereocenters. The van der Waals surface area contributed by atoms with Gasteiger partial charge in [0.25, 0.3) is 0 Å². The van der Waals surface area contributed by atoms with Crippen LogP contribution in [0.4, 0.5) is 8.78 Å². The van der Waals surface area contributed by atoms with E-state index in [4.69, 9.17) is 9.47 Å². The maximum atomic E-state index is 14.2. The van der Waals surface area contributed by atoms with E-state index in [1.807, 2.05) is 0 Å². The molecule has 0 radical (unpaired) electrons. The Morgan fingerprint density at radius 2 is 2.00 bits per heavy atom. The summed E-state index contributed by atoms with van der Waals surface area (Å²) in [5.74, 6) is -1.36. The number of fused-ring (bicyclic) bond motifs is 1. The highest BCUT2D eigenvalue weighted by Gasteiger charge is 2.19. The number of rotatable bonds is 6. The molecule has 142 valence electrons. The van der Waals surface area contributed by atoms with E-state index in [-0.39, 0.29) is 34.7 Å². The van der Waals surface area contributed by atoms with Crippen LogP contribution in [0, 0.1) is 11.6 Å². The summed E-state index contributed by atoms with van der Waals surface area (Å²) in [6.07, 6.45) is 1.35. The Balaban J connectivity index is 2.16. The van der Waals surface area contributed by atoms with Gasteiger partial charge < -0.3 is 14.2 Å². The van der Waals surface area contributed by atoms with Gasteiger partial charge in [-0.25, -0.2) is 13.5 Å². The minimum absolute atomic E-state index is 0.117. The zero-order valence-electron chi connectivity index (χ0n) is 14.5. The summed E-state index contributed by atoms with van der Waals surface area (Å²) in [5, 5.41) is 4.87. The number of hydrogen-bond acceptors (Lipinski definition) is 5. The van der Waals surface area contributed by atoms with Crippen molar-refractivity contribution in [1.29, 1.82) is 0 Å². The molecule has 0 N–H and O–H groups in total. The van der Waals surface area contributed by atoms with E-state index < -0.39 is 17.6 Å². The van der Waals surface area contributed by atoms with E-state index in [1.165, 1.54) is 43.2 Å². The van der Waals surface area contributed by atoms with Crippen LogP contribution >= 0.6 is 15.9 Å². The van der Waals surface area contributed by atoms with Gasteiger partial charge in [0.05, 0.1) is 23.5 Å². The second kappa shape index (κ2) is 8.01. The van der Waals surface area contributed by atoms with Gasteiger partial charge in [0.1, 0.15) is 17.3 Å². The monoisotopic (exact) mass is 440 g/mol. The van der Waals surface area contributed by atoms with E-state index >= 15 is 0 Å². The Labute approximate surface area is 161 Å². The third-order valence-corrected chi connectivity index (χ3v) is 4.40. The largest absolute Gasteiger partial charge is 0.469 e. The standard InChI is InChI=1S/C18H15BrF2N2O4/c1-25-9-27-18-10(5-17(24)26-2)3-12(20)6-16(18)23-8-11-4-14(21)13(19)7-15(11)22-23/h3-4,6-8H,5,9H2,1-2H3. The summed E-state index contributed by atoms with van der Waals surface area (Å²) in [4.78, 5) is 11.7. The van der Waals surface area contributed by atoms with Gasteiger partial charge >= 0.3 is 5.97 Å². The highest BCUT2D eigenvalue weighted by Crippen LogP contribution is 2.31. The lowest BCUT2D eigenvalue weighted by Crippen LogP contribution is -2.11. The predicted molar refractivity (Wildman–Crippen MR) is 96.9 cm³/mol. The Morgan fingerprint density at radius 1 is 1.22 bits per heavy atom.